The van der Waals surface area contributed by atoms with Gasteiger partial charge in [0.25, 0.3) is 0 Å². The van der Waals surface area contributed by atoms with Crippen molar-refractivity contribution < 1.29 is 4.74 Å². The quantitative estimate of drug-likeness (QED) is 0.316. The van der Waals surface area contributed by atoms with Crippen LogP contribution in [0.15, 0.2) is 10.4 Å². The number of hydrogen-bond acceptors (Lipinski definition) is 5. The van der Waals surface area contributed by atoms with Gasteiger partial charge in [0.15, 0.2) is 5.96 Å². The van der Waals surface area contributed by atoms with E-state index in [-0.39, 0.29) is 24.0 Å². The minimum Gasteiger partial charge on any atom is -0.383 e. The number of nitrogens with one attached hydrogen (secondary N) is 1. The molecule has 0 radical (unpaired) electrons. The number of hydrogen-bond donors (Lipinski definition) is 1. The topological polar surface area (TPSA) is 53.0 Å². The molecule has 2 rings (SSSR count). The van der Waals surface area contributed by atoms with Gasteiger partial charge in [-0.2, -0.15) is 0 Å². The van der Waals surface area contributed by atoms with Crippen molar-refractivity contribution in [3.63, 3.8) is 0 Å². The largest absolute Gasteiger partial charge is 0.383 e. The van der Waals surface area contributed by atoms with Crippen molar-refractivity contribution >= 4 is 41.3 Å². The Balaban J connectivity index is 0.00000312. The summed E-state index contributed by atoms with van der Waals surface area (Å²) in [5.41, 5.74) is 1.10. The second-order valence-electron chi connectivity index (χ2n) is 6.21. The summed E-state index contributed by atoms with van der Waals surface area (Å²) in [5.74, 6) is 0.950. The second-order valence-corrected chi connectivity index (χ2v) is 7.27. The molecule has 0 aliphatic heterocycles. The SMILES string of the molecule is CCNC(=NCCN(CCOC)C1CC1)N(C)Cc1csc(C)n1.I. The van der Waals surface area contributed by atoms with Gasteiger partial charge in [-0.15, -0.1) is 35.3 Å². The van der Waals surface area contributed by atoms with E-state index in [2.05, 4.69) is 39.5 Å². The van der Waals surface area contributed by atoms with Crippen LogP contribution in [0.1, 0.15) is 30.5 Å². The number of halogens is 1. The minimum atomic E-state index is 0. The Kier molecular flexibility index (Phi) is 10.9. The maximum Gasteiger partial charge on any atom is 0.194 e. The highest BCUT2D eigenvalue weighted by Crippen LogP contribution is 2.26. The summed E-state index contributed by atoms with van der Waals surface area (Å²) in [7, 11) is 3.83. The maximum atomic E-state index is 5.22. The lowest BCUT2D eigenvalue weighted by Crippen LogP contribution is -2.39. The molecule has 1 fully saturated rings. The average molecular weight is 481 g/mol. The highest BCUT2D eigenvalue weighted by molar-refractivity contribution is 14.0. The molecule has 1 aliphatic carbocycles. The molecule has 0 unspecified atom stereocenters. The van der Waals surface area contributed by atoms with Crippen molar-refractivity contribution in [1.82, 2.24) is 20.1 Å². The first-order valence-corrected chi connectivity index (χ1v) is 9.65. The molecule has 144 valence electrons. The number of thiazole rings is 1. The van der Waals surface area contributed by atoms with Crippen LogP contribution in [0.2, 0.25) is 0 Å². The molecule has 25 heavy (non-hydrogen) atoms. The number of nitrogens with zero attached hydrogens (tertiary/aromatic N) is 4. The van der Waals surface area contributed by atoms with Gasteiger partial charge in [-0.3, -0.25) is 9.89 Å². The molecule has 0 amide bonds. The Bertz CT molecular complexity index is 521. The molecule has 0 bridgehead atoms. The predicted octanol–water partition coefficient (Wildman–Crippen LogP) is 2.58. The lowest BCUT2D eigenvalue weighted by molar-refractivity contribution is 0.145. The van der Waals surface area contributed by atoms with E-state index in [1.165, 1.54) is 12.8 Å². The molecule has 8 heteroatoms. The first kappa shape index (κ1) is 22.6. The van der Waals surface area contributed by atoms with E-state index in [1.54, 1.807) is 18.4 Å². The van der Waals surface area contributed by atoms with Crippen molar-refractivity contribution in [3.05, 3.63) is 16.1 Å². The molecule has 0 saturated heterocycles. The summed E-state index contributed by atoms with van der Waals surface area (Å²) in [5, 5.41) is 6.61. The molecule has 1 aromatic rings. The van der Waals surface area contributed by atoms with Gasteiger partial charge < -0.3 is 15.0 Å². The van der Waals surface area contributed by atoms with Crippen LogP contribution >= 0.6 is 35.3 Å². The minimum absolute atomic E-state index is 0. The van der Waals surface area contributed by atoms with Crippen LogP contribution in [0.25, 0.3) is 0 Å². The van der Waals surface area contributed by atoms with Crippen LogP contribution in [0.3, 0.4) is 0 Å². The Hall–Kier alpha value is -0.450. The number of ether oxygens (including phenoxy) is 1. The second kappa shape index (κ2) is 12.0. The third-order valence-electron chi connectivity index (χ3n) is 4.06. The van der Waals surface area contributed by atoms with Gasteiger partial charge in [-0.1, -0.05) is 0 Å². The van der Waals surface area contributed by atoms with Crippen LogP contribution in [0.5, 0.6) is 0 Å². The zero-order valence-corrected chi connectivity index (χ0v) is 19.0. The highest BCUT2D eigenvalue weighted by atomic mass is 127. The molecule has 0 atom stereocenters. The van der Waals surface area contributed by atoms with Crippen molar-refractivity contribution in [3.8, 4) is 0 Å². The molecular weight excluding hydrogens is 449 g/mol. The number of aromatic nitrogens is 1. The molecule has 0 spiro atoms. The molecule has 1 aliphatic rings. The Morgan fingerprint density at radius 2 is 2.20 bits per heavy atom. The van der Waals surface area contributed by atoms with E-state index < -0.39 is 0 Å². The molecule has 1 aromatic heterocycles. The summed E-state index contributed by atoms with van der Waals surface area (Å²) in [6, 6.07) is 0.744. The number of aryl methyl sites for hydroxylation is 1. The molecule has 1 N–H and O–H groups in total. The summed E-state index contributed by atoms with van der Waals surface area (Å²) < 4.78 is 5.22. The molecule has 1 saturated carbocycles. The molecule has 0 aromatic carbocycles. The summed E-state index contributed by atoms with van der Waals surface area (Å²) >= 11 is 1.69. The first-order chi connectivity index (χ1) is 11.6. The maximum absolute atomic E-state index is 5.22. The van der Waals surface area contributed by atoms with Gasteiger partial charge >= 0.3 is 0 Å². The fraction of sp³-hybridized carbons (Fsp3) is 0.765. The Labute approximate surface area is 173 Å². The third kappa shape index (κ3) is 8.19. The summed E-state index contributed by atoms with van der Waals surface area (Å²) in [4.78, 5) is 14.0. The number of rotatable bonds is 10. The van der Waals surface area contributed by atoms with Crippen LogP contribution in [0, 0.1) is 6.92 Å². The predicted molar refractivity (Wildman–Crippen MR) is 116 cm³/mol. The Morgan fingerprint density at radius 3 is 2.76 bits per heavy atom. The van der Waals surface area contributed by atoms with Crippen molar-refractivity contribution in [1.29, 1.82) is 0 Å². The summed E-state index contributed by atoms with van der Waals surface area (Å²) in [6.45, 7) is 9.40. The van der Waals surface area contributed by atoms with E-state index in [4.69, 9.17) is 9.73 Å². The van der Waals surface area contributed by atoms with Crippen molar-refractivity contribution in [2.24, 2.45) is 4.99 Å². The van der Waals surface area contributed by atoms with Gasteiger partial charge in [0.1, 0.15) is 0 Å². The highest BCUT2D eigenvalue weighted by Gasteiger charge is 2.28. The third-order valence-corrected chi connectivity index (χ3v) is 4.88. The van der Waals surface area contributed by atoms with Crippen molar-refractivity contribution in [2.75, 3.05) is 46.9 Å². The van der Waals surface area contributed by atoms with Gasteiger partial charge in [0, 0.05) is 45.2 Å². The van der Waals surface area contributed by atoms with Gasteiger partial charge in [0.2, 0.25) is 0 Å². The molecule has 6 nitrogen and oxygen atoms in total. The zero-order valence-electron chi connectivity index (χ0n) is 15.8. The number of aliphatic imine (C=N–C) groups is 1. The van der Waals surface area contributed by atoms with Crippen LogP contribution in [-0.4, -0.2) is 73.7 Å². The monoisotopic (exact) mass is 481 g/mol. The molecular formula is C17H32IN5OS. The van der Waals surface area contributed by atoms with Crippen molar-refractivity contribution in [2.45, 2.75) is 39.3 Å². The average Bonchev–Trinajstić information content (AvgIpc) is 3.32. The smallest absolute Gasteiger partial charge is 0.194 e. The van der Waals surface area contributed by atoms with E-state index in [1.807, 2.05) is 6.92 Å². The Morgan fingerprint density at radius 1 is 1.44 bits per heavy atom. The normalized spacial score (nSPS) is 14.5. The zero-order chi connectivity index (χ0) is 17.4. The fourth-order valence-corrected chi connectivity index (χ4v) is 3.28. The summed E-state index contributed by atoms with van der Waals surface area (Å²) in [6.07, 6.45) is 2.63. The molecule has 1 heterocycles. The van der Waals surface area contributed by atoms with Crippen LogP contribution in [-0.2, 0) is 11.3 Å². The van der Waals surface area contributed by atoms with E-state index in [0.29, 0.717) is 0 Å². The number of methoxy groups -OCH3 is 1. The van der Waals surface area contributed by atoms with Crippen LogP contribution < -0.4 is 5.32 Å². The standard InChI is InChI=1S/C17H31N5OS.HI/c1-5-18-17(21(3)12-15-13-24-14(2)20-15)19-8-9-22(10-11-23-4)16-6-7-16;/h13,16H,5-12H2,1-4H3,(H,18,19);1H. The van der Waals surface area contributed by atoms with Crippen LogP contribution in [0.4, 0.5) is 0 Å². The first-order valence-electron chi connectivity index (χ1n) is 8.77. The van der Waals surface area contributed by atoms with E-state index in [9.17, 15) is 0 Å². The number of guanidine groups is 1. The van der Waals surface area contributed by atoms with E-state index >= 15 is 0 Å². The van der Waals surface area contributed by atoms with Gasteiger partial charge in [-0.05, 0) is 26.7 Å². The lowest BCUT2D eigenvalue weighted by Gasteiger charge is -2.23. The fourth-order valence-electron chi connectivity index (χ4n) is 2.68. The van der Waals surface area contributed by atoms with Gasteiger partial charge in [-0.25, -0.2) is 4.98 Å². The van der Waals surface area contributed by atoms with E-state index in [0.717, 1.165) is 62.0 Å². The lowest BCUT2D eigenvalue weighted by atomic mass is 10.4. The van der Waals surface area contributed by atoms with Gasteiger partial charge in [0.05, 0.1) is 30.4 Å².